The van der Waals surface area contributed by atoms with Gasteiger partial charge in [-0.25, -0.2) is 4.98 Å². The van der Waals surface area contributed by atoms with Gasteiger partial charge in [-0.05, 0) is 6.92 Å². The highest BCUT2D eigenvalue weighted by Gasteiger charge is 2.24. The van der Waals surface area contributed by atoms with E-state index < -0.39 is 11.9 Å². The summed E-state index contributed by atoms with van der Waals surface area (Å²) in [5.41, 5.74) is 6.11. The molecule has 72 valence electrons. The van der Waals surface area contributed by atoms with Gasteiger partial charge in [-0.3, -0.25) is 4.79 Å². The van der Waals surface area contributed by atoms with Gasteiger partial charge >= 0.3 is 5.97 Å². The van der Waals surface area contributed by atoms with Crippen molar-refractivity contribution in [3.05, 3.63) is 17.8 Å². The summed E-state index contributed by atoms with van der Waals surface area (Å²) in [5, 5.41) is 0. The smallest absolute Gasteiger partial charge is 0.319 e. The van der Waals surface area contributed by atoms with E-state index >= 15 is 0 Å². The number of nitrogens with zero attached hydrogens (tertiary/aromatic N) is 1. The van der Waals surface area contributed by atoms with Crippen molar-refractivity contribution in [2.45, 2.75) is 12.8 Å². The molecular formula is C8H12N2O3. The fraction of sp³-hybridized carbons (Fsp3) is 0.500. The Bertz CT molecular complexity index is 295. The average Bonchev–Trinajstić information content (AvgIpc) is 2.53. The standard InChI is InChI=1S/C8H12N2O3/c1-5-4-13-7(10-5)6(3-9)8(11)12-2/h4,6H,3,9H2,1-2H3/t6-/m1/s1. The maximum atomic E-state index is 11.2. The molecule has 0 saturated carbocycles. The summed E-state index contributed by atoms with van der Waals surface area (Å²) < 4.78 is 9.60. The van der Waals surface area contributed by atoms with Crippen LogP contribution >= 0.6 is 0 Å². The highest BCUT2D eigenvalue weighted by atomic mass is 16.5. The summed E-state index contributed by atoms with van der Waals surface area (Å²) in [6.45, 7) is 1.91. The zero-order valence-corrected chi connectivity index (χ0v) is 7.61. The number of hydrogen-bond acceptors (Lipinski definition) is 5. The van der Waals surface area contributed by atoms with Crippen LogP contribution in [0.5, 0.6) is 0 Å². The van der Waals surface area contributed by atoms with Crippen molar-refractivity contribution in [1.29, 1.82) is 0 Å². The highest BCUT2D eigenvalue weighted by molar-refractivity contribution is 5.76. The Morgan fingerprint density at radius 1 is 1.85 bits per heavy atom. The number of methoxy groups -OCH3 is 1. The number of nitrogens with two attached hydrogens (primary N) is 1. The topological polar surface area (TPSA) is 78.4 Å². The van der Waals surface area contributed by atoms with Crippen LogP contribution in [0, 0.1) is 6.92 Å². The number of carbonyl (C=O) groups is 1. The van der Waals surface area contributed by atoms with Gasteiger partial charge in [0.05, 0.1) is 12.8 Å². The van der Waals surface area contributed by atoms with Crippen LogP contribution < -0.4 is 5.73 Å². The monoisotopic (exact) mass is 184 g/mol. The summed E-state index contributed by atoms with van der Waals surface area (Å²) in [6.07, 6.45) is 1.47. The van der Waals surface area contributed by atoms with E-state index in [1.807, 2.05) is 0 Å². The van der Waals surface area contributed by atoms with E-state index in [0.29, 0.717) is 5.89 Å². The number of carbonyl (C=O) groups excluding carboxylic acids is 1. The summed E-state index contributed by atoms with van der Waals surface area (Å²) in [4.78, 5) is 15.2. The summed E-state index contributed by atoms with van der Waals surface area (Å²) >= 11 is 0. The van der Waals surface area contributed by atoms with Gasteiger partial charge in [0.25, 0.3) is 0 Å². The molecule has 0 radical (unpaired) electrons. The molecule has 1 heterocycles. The van der Waals surface area contributed by atoms with Crippen LogP contribution in [0.15, 0.2) is 10.7 Å². The van der Waals surface area contributed by atoms with Gasteiger partial charge in [0.2, 0.25) is 5.89 Å². The van der Waals surface area contributed by atoms with Gasteiger partial charge in [0, 0.05) is 6.54 Å². The minimum atomic E-state index is -0.598. The predicted molar refractivity (Wildman–Crippen MR) is 45.1 cm³/mol. The molecular weight excluding hydrogens is 172 g/mol. The molecule has 5 heteroatoms. The molecule has 13 heavy (non-hydrogen) atoms. The second-order valence-corrected chi connectivity index (χ2v) is 2.64. The quantitative estimate of drug-likeness (QED) is 0.679. The molecule has 5 nitrogen and oxygen atoms in total. The van der Waals surface area contributed by atoms with Crippen LogP contribution in [0.4, 0.5) is 0 Å². The number of aryl methyl sites for hydroxylation is 1. The second kappa shape index (κ2) is 4.04. The van der Waals surface area contributed by atoms with Crippen LogP contribution in [0.25, 0.3) is 0 Å². The van der Waals surface area contributed by atoms with E-state index in [0.717, 1.165) is 5.69 Å². The first kappa shape index (κ1) is 9.73. The van der Waals surface area contributed by atoms with Gasteiger partial charge in [0.15, 0.2) is 0 Å². The molecule has 0 fully saturated rings. The van der Waals surface area contributed by atoms with Crippen LogP contribution in [0.2, 0.25) is 0 Å². The Labute approximate surface area is 75.9 Å². The summed E-state index contributed by atoms with van der Waals surface area (Å²) in [6, 6.07) is 0. The molecule has 1 aromatic rings. The molecule has 0 amide bonds. The zero-order chi connectivity index (χ0) is 9.84. The maximum Gasteiger partial charge on any atom is 0.319 e. The Hall–Kier alpha value is -1.36. The van der Waals surface area contributed by atoms with Crippen LogP contribution in [-0.4, -0.2) is 24.6 Å². The minimum Gasteiger partial charge on any atom is -0.468 e. The first-order chi connectivity index (χ1) is 6.19. The van der Waals surface area contributed by atoms with E-state index in [9.17, 15) is 4.79 Å². The lowest BCUT2D eigenvalue weighted by Gasteiger charge is -2.06. The molecule has 0 aliphatic rings. The molecule has 0 aliphatic carbocycles. The van der Waals surface area contributed by atoms with Gasteiger partial charge in [-0.15, -0.1) is 0 Å². The number of ether oxygens (including phenoxy) is 1. The van der Waals surface area contributed by atoms with E-state index in [-0.39, 0.29) is 6.54 Å². The Balaban J connectivity index is 2.84. The number of hydrogen-bond donors (Lipinski definition) is 1. The largest absolute Gasteiger partial charge is 0.468 e. The Morgan fingerprint density at radius 3 is 2.92 bits per heavy atom. The van der Waals surface area contributed by atoms with Crippen molar-refractivity contribution in [3.8, 4) is 0 Å². The molecule has 0 bridgehead atoms. The third-order valence-electron chi connectivity index (χ3n) is 1.66. The normalized spacial score (nSPS) is 12.5. The molecule has 1 rings (SSSR count). The van der Waals surface area contributed by atoms with E-state index in [4.69, 9.17) is 10.2 Å². The lowest BCUT2D eigenvalue weighted by Crippen LogP contribution is -2.23. The van der Waals surface area contributed by atoms with Crippen molar-refractivity contribution >= 4 is 5.97 Å². The van der Waals surface area contributed by atoms with Gasteiger partial charge in [-0.1, -0.05) is 0 Å². The Kier molecular flexibility index (Phi) is 3.02. The highest BCUT2D eigenvalue weighted by Crippen LogP contribution is 2.14. The SMILES string of the molecule is COC(=O)[C@H](CN)c1nc(C)co1. The lowest BCUT2D eigenvalue weighted by molar-refractivity contribution is -0.142. The first-order valence-electron chi connectivity index (χ1n) is 3.89. The van der Waals surface area contributed by atoms with E-state index in [2.05, 4.69) is 9.72 Å². The van der Waals surface area contributed by atoms with Gasteiger partial charge < -0.3 is 14.9 Å². The number of oxazole rings is 1. The third-order valence-corrected chi connectivity index (χ3v) is 1.66. The van der Waals surface area contributed by atoms with Crippen molar-refractivity contribution in [2.75, 3.05) is 13.7 Å². The summed E-state index contributed by atoms with van der Waals surface area (Å²) in [5.74, 6) is -0.713. The van der Waals surface area contributed by atoms with Gasteiger partial charge in [0.1, 0.15) is 12.2 Å². The predicted octanol–water partition coefficient (Wildman–Crippen LogP) is 0.198. The maximum absolute atomic E-state index is 11.2. The fourth-order valence-electron chi connectivity index (χ4n) is 0.972. The van der Waals surface area contributed by atoms with E-state index in [1.54, 1.807) is 6.92 Å². The zero-order valence-electron chi connectivity index (χ0n) is 7.61. The average molecular weight is 184 g/mol. The fourth-order valence-corrected chi connectivity index (χ4v) is 0.972. The lowest BCUT2D eigenvalue weighted by atomic mass is 10.1. The van der Waals surface area contributed by atoms with Crippen molar-refractivity contribution in [1.82, 2.24) is 4.98 Å². The third kappa shape index (κ3) is 2.06. The minimum absolute atomic E-state index is 0.132. The van der Waals surface area contributed by atoms with Crippen LogP contribution in [0.1, 0.15) is 17.5 Å². The second-order valence-electron chi connectivity index (χ2n) is 2.64. The summed E-state index contributed by atoms with van der Waals surface area (Å²) in [7, 11) is 1.31. The number of esters is 1. The van der Waals surface area contributed by atoms with Gasteiger partial charge in [-0.2, -0.15) is 0 Å². The number of aromatic nitrogens is 1. The molecule has 0 aromatic carbocycles. The molecule has 1 aromatic heterocycles. The number of rotatable bonds is 3. The van der Waals surface area contributed by atoms with Crippen molar-refractivity contribution in [2.24, 2.45) is 5.73 Å². The first-order valence-corrected chi connectivity index (χ1v) is 3.89. The van der Waals surface area contributed by atoms with Crippen LogP contribution in [-0.2, 0) is 9.53 Å². The molecule has 2 N–H and O–H groups in total. The van der Waals surface area contributed by atoms with Crippen molar-refractivity contribution in [3.63, 3.8) is 0 Å². The molecule has 0 spiro atoms. The van der Waals surface area contributed by atoms with Crippen LogP contribution in [0.3, 0.4) is 0 Å². The van der Waals surface area contributed by atoms with E-state index in [1.165, 1.54) is 13.4 Å². The molecule has 0 aliphatic heterocycles. The Morgan fingerprint density at radius 2 is 2.54 bits per heavy atom. The molecule has 0 unspecified atom stereocenters. The molecule has 1 atom stereocenters. The van der Waals surface area contributed by atoms with Crippen molar-refractivity contribution < 1.29 is 13.9 Å². The molecule has 0 saturated heterocycles.